The van der Waals surface area contributed by atoms with Crippen LogP contribution < -0.4 is 10.1 Å². The molecule has 2 amide bonds. The summed E-state index contributed by atoms with van der Waals surface area (Å²) in [5, 5.41) is 13.9. The number of nitro benzene ring substituents is 1. The van der Waals surface area contributed by atoms with Gasteiger partial charge in [0.2, 0.25) is 0 Å². The molecule has 37 heavy (non-hydrogen) atoms. The van der Waals surface area contributed by atoms with Gasteiger partial charge in [-0.25, -0.2) is 4.79 Å². The molecule has 0 atom stereocenters. The quantitative estimate of drug-likeness (QED) is 0.195. The molecule has 0 aliphatic carbocycles. The summed E-state index contributed by atoms with van der Waals surface area (Å²) in [4.78, 5) is 30.9. The molecule has 210 valence electrons. The molecular weight excluding hydrogens is 492 g/mol. The summed E-state index contributed by atoms with van der Waals surface area (Å²) in [5.74, 6) is 1.75. The summed E-state index contributed by atoms with van der Waals surface area (Å²) in [7, 11) is 1.43. The van der Waals surface area contributed by atoms with E-state index < -0.39 is 11.0 Å². The maximum atomic E-state index is 12.5. The molecule has 1 fully saturated rings. The standard InChI is InChI=1S/C26H46N6O4S/c1-21(2)19-30(20-22(3)4)12-6-10-28-14-16-29(17-15-28)11-7-13-31(37)26(33)27-24-9-8-23(36-5)18-25(24)32(34)35/h8-9,18,21-22,37H,6-7,10-17,19-20H2,1-5H3,(H,27,33). The number of ether oxygens (including phenoxy) is 1. The zero-order chi connectivity index (χ0) is 27.4. The lowest BCUT2D eigenvalue weighted by Crippen LogP contribution is -2.47. The fraction of sp³-hybridized carbons (Fsp3) is 0.731. The smallest absolute Gasteiger partial charge is 0.331 e. The van der Waals surface area contributed by atoms with Gasteiger partial charge in [-0.15, -0.1) is 0 Å². The predicted octanol–water partition coefficient (Wildman–Crippen LogP) is 4.29. The van der Waals surface area contributed by atoms with Gasteiger partial charge in [0.1, 0.15) is 11.4 Å². The lowest BCUT2D eigenvalue weighted by Gasteiger charge is -2.35. The first-order chi connectivity index (χ1) is 17.6. The maximum absolute atomic E-state index is 12.5. The highest BCUT2D eigenvalue weighted by atomic mass is 32.1. The summed E-state index contributed by atoms with van der Waals surface area (Å²) >= 11 is 4.28. The van der Waals surface area contributed by atoms with Gasteiger partial charge < -0.3 is 24.8 Å². The molecule has 1 aliphatic heterocycles. The van der Waals surface area contributed by atoms with E-state index in [0.717, 1.165) is 52.2 Å². The third-order valence-electron chi connectivity index (χ3n) is 6.38. The molecule has 1 saturated heterocycles. The Morgan fingerprint density at radius 2 is 1.59 bits per heavy atom. The van der Waals surface area contributed by atoms with E-state index in [1.165, 1.54) is 43.1 Å². The number of nitrogens with zero attached hydrogens (tertiary/aromatic N) is 5. The van der Waals surface area contributed by atoms with Gasteiger partial charge in [0.15, 0.2) is 0 Å². The maximum Gasteiger partial charge on any atom is 0.331 e. The normalized spacial score (nSPS) is 14.9. The van der Waals surface area contributed by atoms with Crippen molar-refractivity contribution in [2.45, 2.75) is 40.5 Å². The van der Waals surface area contributed by atoms with Crippen LogP contribution in [0.5, 0.6) is 5.75 Å². The first kappa shape index (κ1) is 31.1. The number of hydrogen-bond acceptors (Lipinski definition) is 8. The zero-order valence-corrected chi connectivity index (χ0v) is 24.1. The number of hydrogen-bond donors (Lipinski definition) is 2. The number of thiol groups is 1. The molecule has 1 aliphatic rings. The molecule has 0 bridgehead atoms. The van der Waals surface area contributed by atoms with E-state index in [9.17, 15) is 14.9 Å². The molecule has 11 heteroatoms. The second kappa shape index (κ2) is 16.0. The number of urea groups is 1. The average molecular weight is 539 g/mol. The molecule has 2 rings (SSSR count). The molecule has 0 unspecified atom stereocenters. The van der Waals surface area contributed by atoms with Gasteiger partial charge in [-0.2, -0.15) is 0 Å². The van der Waals surface area contributed by atoms with E-state index in [1.807, 2.05) is 0 Å². The lowest BCUT2D eigenvalue weighted by atomic mass is 10.1. The van der Waals surface area contributed by atoms with Crippen LogP contribution in [0.2, 0.25) is 0 Å². The first-order valence-electron chi connectivity index (χ1n) is 13.4. The molecule has 0 saturated carbocycles. The van der Waals surface area contributed by atoms with Crippen molar-refractivity contribution >= 4 is 30.2 Å². The Bertz CT molecular complexity index is 838. The summed E-state index contributed by atoms with van der Waals surface area (Å²) in [6, 6.07) is 3.82. The molecule has 1 heterocycles. The van der Waals surface area contributed by atoms with E-state index in [0.29, 0.717) is 24.1 Å². The van der Waals surface area contributed by atoms with Crippen LogP contribution in [0.1, 0.15) is 40.5 Å². The van der Waals surface area contributed by atoms with Crippen molar-refractivity contribution in [1.29, 1.82) is 0 Å². The summed E-state index contributed by atoms with van der Waals surface area (Å²) in [6.45, 7) is 19.3. The van der Waals surface area contributed by atoms with E-state index in [-0.39, 0.29) is 11.4 Å². The van der Waals surface area contributed by atoms with Crippen molar-refractivity contribution in [3.63, 3.8) is 0 Å². The Hall–Kier alpha value is -2.08. The van der Waals surface area contributed by atoms with Crippen molar-refractivity contribution in [1.82, 2.24) is 19.0 Å². The van der Waals surface area contributed by atoms with Crippen LogP contribution in [0.15, 0.2) is 18.2 Å². The van der Waals surface area contributed by atoms with E-state index in [1.54, 1.807) is 6.07 Å². The molecule has 0 radical (unpaired) electrons. The van der Waals surface area contributed by atoms with Crippen molar-refractivity contribution < 1.29 is 14.5 Å². The van der Waals surface area contributed by atoms with Gasteiger partial charge in [-0.05, 0) is 56.4 Å². The van der Waals surface area contributed by atoms with Gasteiger partial charge in [0.25, 0.3) is 5.69 Å². The Kier molecular flexibility index (Phi) is 13.5. The van der Waals surface area contributed by atoms with E-state index in [4.69, 9.17) is 4.74 Å². The molecular formula is C26H46N6O4S. The van der Waals surface area contributed by atoms with Gasteiger partial charge in [-0.3, -0.25) is 14.4 Å². The van der Waals surface area contributed by atoms with Gasteiger partial charge in [0, 0.05) is 45.8 Å². The topological polar surface area (TPSA) is 94.4 Å². The van der Waals surface area contributed by atoms with Crippen LogP contribution in [0.25, 0.3) is 0 Å². The molecule has 1 aromatic rings. The fourth-order valence-electron chi connectivity index (χ4n) is 4.66. The first-order valence-corrected chi connectivity index (χ1v) is 13.8. The summed E-state index contributed by atoms with van der Waals surface area (Å²) in [5.41, 5.74) is -0.109. The zero-order valence-electron chi connectivity index (χ0n) is 23.2. The third-order valence-corrected chi connectivity index (χ3v) is 6.76. The number of carbonyl (C=O) groups is 1. The van der Waals surface area contributed by atoms with Crippen LogP contribution in [0, 0.1) is 22.0 Å². The Morgan fingerprint density at radius 3 is 2.08 bits per heavy atom. The minimum Gasteiger partial charge on any atom is -0.496 e. The Balaban J connectivity index is 1.67. The second-order valence-electron chi connectivity index (χ2n) is 10.6. The Labute approximate surface area is 228 Å². The van der Waals surface area contributed by atoms with Gasteiger partial charge in [0.05, 0.1) is 18.1 Å². The number of piperazine rings is 1. The number of nitrogens with one attached hydrogen (secondary N) is 1. The van der Waals surface area contributed by atoms with E-state index >= 15 is 0 Å². The molecule has 1 aromatic carbocycles. The number of carbonyl (C=O) groups excluding carboxylic acids is 1. The van der Waals surface area contributed by atoms with E-state index in [2.05, 4.69) is 60.5 Å². The second-order valence-corrected chi connectivity index (χ2v) is 11.1. The van der Waals surface area contributed by atoms with Crippen LogP contribution >= 0.6 is 12.8 Å². The number of methoxy groups -OCH3 is 1. The van der Waals surface area contributed by atoms with Gasteiger partial charge in [-0.1, -0.05) is 40.5 Å². The summed E-state index contributed by atoms with van der Waals surface area (Å²) in [6.07, 6.45) is 1.98. The van der Waals surface area contributed by atoms with Crippen LogP contribution in [0.3, 0.4) is 0 Å². The molecule has 10 nitrogen and oxygen atoms in total. The van der Waals surface area contributed by atoms with Crippen molar-refractivity contribution in [2.75, 3.05) is 77.9 Å². The largest absolute Gasteiger partial charge is 0.496 e. The fourth-order valence-corrected chi connectivity index (χ4v) is 4.86. The van der Waals surface area contributed by atoms with Crippen molar-refractivity contribution in [3.8, 4) is 5.75 Å². The minimum atomic E-state index is -0.548. The monoisotopic (exact) mass is 538 g/mol. The number of rotatable bonds is 15. The van der Waals surface area contributed by atoms with Crippen LogP contribution in [-0.2, 0) is 0 Å². The summed E-state index contributed by atoms with van der Waals surface area (Å²) < 4.78 is 6.30. The number of benzene rings is 1. The molecule has 0 spiro atoms. The molecule has 1 N–H and O–H groups in total. The lowest BCUT2D eigenvalue weighted by molar-refractivity contribution is -0.384. The molecule has 0 aromatic heterocycles. The minimum absolute atomic E-state index is 0.113. The number of amides is 2. The highest BCUT2D eigenvalue weighted by Gasteiger charge is 2.21. The SMILES string of the molecule is COc1ccc(NC(=O)N(S)CCCN2CCN(CCCN(CC(C)C)CC(C)C)CC2)c([N+](=O)[O-])c1. The van der Waals surface area contributed by atoms with Crippen molar-refractivity contribution in [2.24, 2.45) is 11.8 Å². The van der Waals surface area contributed by atoms with Crippen molar-refractivity contribution in [3.05, 3.63) is 28.3 Å². The predicted molar refractivity (Wildman–Crippen MR) is 153 cm³/mol. The Morgan fingerprint density at radius 1 is 1.05 bits per heavy atom. The van der Waals surface area contributed by atoms with Crippen LogP contribution in [0.4, 0.5) is 16.2 Å². The highest BCUT2D eigenvalue weighted by molar-refractivity contribution is 7.78. The van der Waals surface area contributed by atoms with Crippen LogP contribution in [-0.4, -0.2) is 103 Å². The number of nitro groups is 1. The third kappa shape index (κ3) is 11.5. The highest BCUT2D eigenvalue weighted by Crippen LogP contribution is 2.29. The van der Waals surface area contributed by atoms with Gasteiger partial charge >= 0.3 is 6.03 Å². The average Bonchev–Trinajstić information content (AvgIpc) is 2.84. The number of anilines is 1.